The Labute approximate surface area is 206 Å². The van der Waals surface area contributed by atoms with Crippen LogP contribution in [0, 0.1) is 0 Å². The van der Waals surface area contributed by atoms with Gasteiger partial charge >= 0.3 is 0 Å². The number of hydrogen-bond donors (Lipinski definition) is 1. The fourth-order valence-corrected chi connectivity index (χ4v) is 4.99. The number of rotatable bonds is 9. The molecule has 0 aliphatic heterocycles. The number of para-hydroxylation sites is 1. The molecule has 2 aromatic carbocycles. The highest BCUT2D eigenvalue weighted by atomic mass is 79.9. The third kappa shape index (κ3) is 7.31. The first-order valence-corrected chi connectivity index (χ1v) is 13.4. The van der Waals surface area contributed by atoms with Crippen molar-refractivity contribution in [3.05, 3.63) is 63.0 Å². The lowest BCUT2D eigenvalue weighted by Crippen LogP contribution is -2.52. The van der Waals surface area contributed by atoms with Crippen LogP contribution in [0.4, 0.5) is 5.69 Å². The van der Waals surface area contributed by atoms with Gasteiger partial charge in [0.1, 0.15) is 12.6 Å². The van der Waals surface area contributed by atoms with Gasteiger partial charge in [0.2, 0.25) is 21.8 Å². The molecule has 0 aliphatic rings. The molecule has 0 fully saturated rings. The van der Waals surface area contributed by atoms with Crippen molar-refractivity contribution in [1.29, 1.82) is 0 Å². The van der Waals surface area contributed by atoms with E-state index in [1.807, 2.05) is 38.1 Å². The zero-order valence-electron chi connectivity index (χ0n) is 18.4. The van der Waals surface area contributed by atoms with Crippen LogP contribution >= 0.6 is 31.9 Å². The highest BCUT2D eigenvalue weighted by Gasteiger charge is 2.30. The molecule has 0 saturated heterocycles. The Hall–Kier alpha value is -1.91. The van der Waals surface area contributed by atoms with Crippen LogP contribution in [0.3, 0.4) is 0 Å². The van der Waals surface area contributed by atoms with E-state index in [1.165, 1.54) is 4.90 Å². The van der Waals surface area contributed by atoms with Crippen molar-refractivity contribution in [3.8, 4) is 0 Å². The molecule has 2 amide bonds. The Bertz CT molecular complexity index is 1080. The molecule has 32 heavy (non-hydrogen) atoms. The first kappa shape index (κ1) is 26.3. The average molecular weight is 589 g/mol. The SMILES string of the molecule is CC(C)NC(=O)C(C)N(Cc1cccc(Br)c1)C(=O)CN(c1ccccc1Br)S(C)(=O)=O. The Balaban J connectivity index is 2.40. The number of carbonyl (C=O) groups is 2. The van der Waals surface area contributed by atoms with Crippen molar-refractivity contribution in [1.82, 2.24) is 10.2 Å². The highest BCUT2D eigenvalue weighted by Crippen LogP contribution is 2.28. The van der Waals surface area contributed by atoms with Gasteiger partial charge < -0.3 is 10.2 Å². The third-order valence-electron chi connectivity index (χ3n) is 4.64. The number of benzene rings is 2. The van der Waals surface area contributed by atoms with E-state index in [2.05, 4.69) is 37.2 Å². The van der Waals surface area contributed by atoms with E-state index in [4.69, 9.17) is 0 Å². The molecule has 0 bridgehead atoms. The predicted molar refractivity (Wildman–Crippen MR) is 134 cm³/mol. The lowest BCUT2D eigenvalue weighted by Gasteiger charge is -2.32. The zero-order valence-corrected chi connectivity index (χ0v) is 22.4. The lowest BCUT2D eigenvalue weighted by atomic mass is 10.1. The van der Waals surface area contributed by atoms with E-state index in [0.29, 0.717) is 10.2 Å². The molecule has 2 rings (SSSR count). The standard InChI is InChI=1S/C22H27Br2N3O4S/c1-15(2)25-22(29)16(3)26(13-17-8-7-9-18(23)12-17)21(28)14-27(32(4,30)31)20-11-6-5-10-19(20)24/h5-12,15-16H,13-14H2,1-4H3,(H,25,29). The van der Waals surface area contributed by atoms with Crippen molar-refractivity contribution in [2.45, 2.75) is 39.4 Å². The maximum atomic E-state index is 13.4. The van der Waals surface area contributed by atoms with E-state index in [9.17, 15) is 18.0 Å². The molecule has 1 N–H and O–H groups in total. The van der Waals surface area contributed by atoms with Crippen molar-refractivity contribution in [2.24, 2.45) is 0 Å². The molecular weight excluding hydrogens is 562 g/mol. The number of nitrogens with zero attached hydrogens (tertiary/aromatic N) is 2. The summed E-state index contributed by atoms with van der Waals surface area (Å²) in [5.41, 5.74) is 1.16. The summed E-state index contributed by atoms with van der Waals surface area (Å²) in [4.78, 5) is 27.5. The Morgan fingerprint density at radius 1 is 1.03 bits per heavy atom. The first-order chi connectivity index (χ1) is 14.9. The van der Waals surface area contributed by atoms with Gasteiger partial charge in [0.05, 0.1) is 11.9 Å². The number of halogens is 2. The van der Waals surface area contributed by atoms with Crippen LogP contribution < -0.4 is 9.62 Å². The fraction of sp³-hybridized carbons (Fsp3) is 0.364. The third-order valence-corrected chi connectivity index (χ3v) is 6.93. The summed E-state index contributed by atoms with van der Waals surface area (Å²) in [6, 6.07) is 13.3. The molecule has 7 nitrogen and oxygen atoms in total. The smallest absolute Gasteiger partial charge is 0.244 e. The monoisotopic (exact) mass is 587 g/mol. The van der Waals surface area contributed by atoms with Crippen LogP contribution in [0.25, 0.3) is 0 Å². The number of nitrogens with one attached hydrogen (secondary N) is 1. The maximum Gasteiger partial charge on any atom is 0.244 e. The van der Waals surface area contributed by atoms with Crippen LogP contribution in [-0.4, -0.2) is 50.0 Å². The second-order valence-corrected chi connectivity index (χ2v) is 11.4. The number of hydrogen-bond acceptors (Lipinski definition) is 4. The summed E-state index contributed by atoms with van der Waals surface area (Å²) >= 11 is 6.77. The van der Waals surface area contributed by atoms with Crippen LogP contribution in [-0.2, 0) is 26.2 Å². The minimum atomic E-state index is -3.77. The van der Waals surface area contributed by atoms with Gasteiger partial charge in [-0.1, -0.05) is 40.2 Å². The largest absolute Gasteiger partial charge is 0.352 e. The molecule has 0 radical (unpaired) electrons. The van der Waals surface area contributed by atoms with Crippen LogP contribution in [0.5, 0.6) is 0 Å². The molecular formula is C22H27Br2N3O4S. The fourth-order valence-electron chi connectivity index (χ4n) is 3.07. The van der Waals surface area contributed by atoms with Gasteiger partial charge in [-0.05, 0) is 66.5 Å². The van der Waals surface area contributed by atoms with E-state index >= 15 is 0 Å². The quantitative estimate of drug-likeness (QED) is 0.481. The van der Waals surface area contributed by atoms with E-state index in [1.54, 1.807) is 31.2 Å². The van der Waals surface area contributed by atoms with E-state index in [-0.39, 0.29) is 18.5 Å². The van der Waals surface area contributed by atoms with Crippen molar-refractivity contribution in [3.63, 3.8) is 0 Å². The number of anilines is 1. The van der Waals surface area contributed by atoms with E-state index < -0.39 is 28.5 Å². The van der Waals surface area contributed by atoms with Gasteiger partial charge in [-0.2, -0.15) is 0 Å². The van der Waals surface area contributed by atoms with Gasteiger partial charge in [0.25, 0.3) is 0 Å². The van der Waals surface area contributed by atoms with Crippen molar-refractivity contribution in [2.75, 3.05) is 17.1 Å². The number of amides is 2. The Kier molecular flexibility index (Phi) is 9.29. The average Bonchev–Trinajstić information content (AvgIpc) is 2.69. The second kappa shape index (κ2) is 11.3. The number of carbonyl (C=O) groups excluding carboxylic acids is 2. The summed E-state index contributed by atoms with van der Waals surface area (Å²) < 4.78 is 27.5. The van der Waals surface area contributed by atoms with Crippen molar-refractivity contribution < 1.29 is 18.0 Å². The molecule has 10 heteroatoms. The lowest BCUT2D eigenvalue weighted by molar-refractivity contribution is -0.139. The highest BCUT2D eigenvalue weighted by molar-refractivity contribution is 9.10. The van der Waals surface area contributed by atoms with Gasteiger partial charge in [0, 0.05) is 21.5 Å². The Morgan fingerprint density at radius 3 is 2.25 bits per heavy atom. The summed E-state index contributed by atoms with van der Waals surface area (Å²) in [5.74, 6) is -0.798. The van der Waals surface area contributed by atoms with Crippen LogP contribution in [0.1, 0.15) is 26.3 Å². The molecule has 2 aromatic rings. The maximum absolute atomic E-state index is 13.4. The molecule has 1 unspecified atom stereocenters. The van der Waals surface area contributed by atoms with Crippen molar-refractivity contribution >= 4 is 59.4 Å². The second-order valence-electron chi connectivity index (χ2n) is 7.71. The van der Waals surface area contributed by atoms with Crippen LogP contribution in [0.2, 0.25) is 0 Å². The normalized spacial score (nSPS) is 12.3. The van der Waals surface area contributed by atoms with Gasteiger partial charge in [-0.3, -0.25) is 13.9 Å². The molecule has 0 aromatic heterocycles. The Morgan fingerprint density at radius 2 is 1.69 bits per heavy atom. The molecule has 0 spiro atoms. The molecule has 0 aliphatic carbocycles. The molecule has 0 heterocycles. The summed E-state index contributed by atoms with van der Waals surface area (Å²) in [7, 11) is -3.77. The molecule has 0 saturated carbocycles. The minimum absolute atomic E-state index is 0.0967. The summed E-state index contributed by atoms with van der Waals surface area (Å²) in [5, 5.41) is 2.82. The van der Waals surface area contributed by atoms with Gasteiger partial charge in [-0.15, -0.1) is 0 Å². The van der Waals surface area contributed by atoms with Gasteiger partial charge in [-0.25, -0.2) is 8.42 Å². The number of sulfonamides is 1. The van der Waals surface area contributed by atoms with Crippen LogP contribution in [0.15, 0.2) is 57.5 Å². The summed E-state index contributed by atoms with van der Waals surface area (Å²) in [6.45, 7) is 5.02. The molecule has 1 atom stereocenters. The summed E-state index contributed by atoms with van der Waals surface area (Å²) in [6.07, 6.45) is 1.05. The minimum Gasteiger partial charge on any atom is -0.352 e. The zero-order chi connectivity index (χ0) is 24.1. The van der Waals surface area contributed by atoms with E-state index in [0.717, 1.165) is 20.6 Å². The predicted octanol–water partition coefficient (Wildman–Crippen LogP) is 3.92. The van der Waals surface area contributed by atoms with Gasteiger partial charge in [0.15, 0.2) is 0 Å². The first-order valence-electron chi connectivity index (χ1n) is 9.96. The topological polar surface area (TPSA) is 86.8 Å². The molecule has 174 valence electrons.